The smallest absolute Gasteiger partial charge is 0.224 e. The summed E-state index contributed by atoms with van der Waals surface area (Å²) in [5.41, 5.74) is 2.27. The van der Waals surface area contributed by atoms with Crippen LogP contribution in [0.3, 0.4) is 0 Å². The summed E-state index contributed by atoms with van der Waals surface area (Å²) in [5, 5.41) is 16.7. The Morgan fingerprint density at radius 2 is 1.94 bits per heavy atom. The number of hydrogen-bond donors (Lipinski definition) is 3. The van der Waals surface area contributed by atoms with Crippen molar-refractivity contribution in [3.63, 3.8) is 0 Å². The van der Waals surface area contributed by atoms with Crippen molar-refractivity contribution < 1.29 is 18.3 Å². The monoisotopic (exact) mass is 501 g/mol. The molecule has 0 unspecified atom stereocenters. The summed E-state index contributed by atoms with van der Waals surface area (Å²) in [6.07, 6.45) is 6.88. The van der Waals surface area contributed by atoms with Gasteiger partial charge in [0.15, 0.2) is 0 Å². The van der Waals surface area contributed by atoms with Gasteiger partial charge in [0.05, 0.1) is 11.4 Å². The van der Waals surface area contributed by atoms with Crippen LogP contribution < -0.4 is 15.5 Å². The van der Waals surface area contributed by atoms with Crippen molar-refractivity contribution in [1.29, 1.82) is 0 Å². The van der Waals surface area contributed by atoms with E-state index in [9.17, 15) is 18.3 Å². The minimum atomic E-state index is -3.08. The van der Waals surface area contributed by atoms with Crippen LogP contribution in [0.5, 0.6) is 0 Å². The number of carbonyl (C=O) groups excluding carboxylic acids is 1. The first kappa shape index (κ1) is 25.4. The molecule has 3 N–H and O–H groups in total. The summed E-state index contributed by atoms with van der Waals surface area (Å²) in [7, 11) is -3.08. The van der Waals surface area contributed by atoms with Gasteiger partial charge in [0.25, 0.3) is 0 Å². The lowest BCUT2D eigenvalue weighted by atomic mass is 9.85. The first-order chi connectivity index (χ1) is 16.5. The number of hydrogen-bond acceptors (Lipinski definition) is 8. The second kappa shape index (κ2) is 10.1. The van der Waals surface area contributed by atoms with E-state index < -0.39 is 15.4 Å². The molecular weight excluding hydrogens is 466 g/mol. The van der Waals surface area contributed by atoms with E-state index in [4.69, 9.17) is 4.98 Å². The van der Waals surface area contributed by atoms with Gasteiger partial charge in [-0.25, -0.2) is 13.4 Å². The average molecular weight is 502 g/mol. The van der Waals surface area contributed by atoms with Gasteiger partial charge in [-0.15, -0.1) is 0 Å². The van der Waals surface area contributed by atoms with Crippen LogP contribution in [0.2, 0.25) is 0 Å². The van der Waals surface area contributed by atoms with Crippen molar-refractivity contribution in [1.82, 2.24) is 15.3 Å². The van der Waals surface area contributed by atoms with E-state index in [2.05, 4.69) is 26.6 Å². The highest BCUT2D eigenvalue weighted by molar-refractivity contribution is 7.90. The third-order valence-electron chi connectivity index (χ3n) is 6.81. The van der Waals surface area contributed by atoms with Crippen molar-refractivity contribution in [3.8, 4) is 0 Å². The Balaban J connectivity index is 1.35. The topological polar surface area (TPSA) is 125 Å². The van der Waals surface area contributed by atoms with E-state index in [0.29, 0.717) is 5.95 Å². The number of sulfone groups is 1. The maximum atomic E-state index is 12.4. The lowest BCUT2D eigenvalue weighted by Gasteiger charge is -2.28. The zero-order valence-corrected chi connectivity index (χ0v) is 21.4. The number of amides is 1. The van der Waals surface area contributed by atoms with E-state index >= 15 is 0 Å². The van der Waals surface area contributed by atoms with Crippen molar-refractivity contribution in [3.05, 3.63) is 41.6 Å². The van der Waals surface area contributed by atoms with Gasteiger partial charge in [0, 0.05) is 43.2 Å². The molecule has 0 atom stereocenters. The number of nitrogens with zero attached hydrogens (tertiary/aromatic N) is 3. The molecule has 1 aromatic heterocycles. The van der Waals surface area contributed by atoms with Gasteiger partial charge in [-0.05, 0) is 69.2 Å². The summed E-state index contributed by atoms with van der Waals surface area (Å²) >= 11 is 0. The fourth-order valence-corrected chi connectivity index (χ4v) is 5.47. The first-order valence-electron chi connectivity index (χ1n) is 12.2. The molecule has 2 aliphatic rings. The fourth-order valence-electron chi connectivity index (χ4n) is 5.00. The molecule has 1 aromatic carbocycles. The molecule has 1 fully saturated rings. The summed E-state index contributed by atoms with van der Waals surface area (Å²) in [5.74, 6) is 1.18. The molecule has 0 bridgehead atoms. The molecule has 35 heavy (non-hydrogen) atoms. The van der Waals surface area contributed by atoms with Crippen molar-refractivity contribution in [2.75, 3.05) is 35.3 Å². The van der Waals surface area contributed by atoms with E-state index in [-0.39, 0.29) is 30.2 Å². The predicted octanol–water partition coefficient (Wildman–Crippen LogP) is 2.53. The van der Waals surface area contributed by atoms with Gasteiger partial charge in [0.2, 0.25) is 11.9 Å². The molecule has 0 saturated heterocycles. The zero-order valence-electron chi connectivity index (χ0n) is 20.6. The molecule has 2 aromatic rings. The minimum Gasteiger partial charge on any atom is -0.386 e. The molecule has 0 spiro atoms. The van der Waals surface area contributed by atoms with E-state index in [0.717, 1.165) is 61.3 Å². The minimum absolute atomic E-state index is 0.0378. The number of nitrogens with one attached hydrogen (secondary N) is 2. The zero-order chi connectivity index (χ0) is 25.2. The third-order valence-corrected chi connectivity index (χ3v) is 7.75. The summed E-state index contributed by atoms with van der Waals surface area (Å²) in [6.45, 7) is 4.57. The predicted molar refractivity (Wildman–Crippen MR) is 137 cm³/mol. The number of aliphatic hydroxyl groups is 1. The highest BCUT2D eigenvalue weighted by Crippen LogP contribution is 2.39. The molecule has 4 rings (SSSR count). The van der Waals surface area contributed by atoms with Crippen LogP contribution in [-0.2, 0) is 26.7 Å². The summed E-state index contributed by atoms with van der Waals surface area (Å²) in [4.78, 5) is 23.7. The lowest BCUT2D eigenvalue weighted by molar-refractivity contribution is -0.125. The molecule has 1 saturated carbocycles. The standard InChI is InChI=1S/C25H35N5O4S/c1-25(2,32)20-5-4-6-21-19(20)12-15-30(21)22-11-13-27-24(29-22)28-18-9-7-17(8-10-18)23(31)26-14-16-35(3,33)34/h4-6,11,13,17-18,32H,7-10,12,14-16H2,1-3H3,(H,26,31)(H,27,28,29)/t17-,18-. The van der Waals surface area contributed by atoms with Gasteiger partial charge in [-0.2, -0.15) is 4.98 Å². The Kier molecular flexibility index (Phi) is 7.32. The summed E-state index contributed by atoms with van der Waals surface area (Å²) in [6, 6.07) is 8.10. The number of carbonyl (C=O) groups is 1. The number of fused-ring (bicyclic) bond motifs is 1. The largest absolute Gasteiger partial charge is 0.386 e. The quantitative estimate of drug-likeness (QED) is 0.504. The normalized spacial score (nSPS) is 20.4. The molecule has 0 radical (unpaired) electrons. The highest BCUT2D eigenvalue weighted by atomic mass is 32.2. The van der Waals surface area contributed by atoms with Crippen LogP contribution in [0.15, 0.2) is 30.5 Å². The van der Waals surface area contributed by atoms with Crippen LogP contribution in [0.25, 0.3) is 0 Å². The van der Waals surface area contributed by atoms with Gasteiger partial charge in [-0.1, -0.05) is 12.1 Å². The van der Waals surface area contributed by atoms with Crippen LogP contribution in [0.1, 0.15) is 50.7 Å². The Hall–Kier alpha value is -2.72. The number of rotatable bonds is 8. The van der Waals surface area contributed by atoms with Gasteiger partial charge >= 0.3 is 0 Å². The van der Waals surface area contributed by atoms with E-state index in [1.54, 1.807) is 6.20 Å². The molecule has 1 amide bonds. The van der Waals surface area contributed by atoms with Gasteiger partial charge in [-0.3, -0.25) is 4.79 Å². The van der Waals surface area contributed by atoms with Crippen LogP contribution >= 0.6 is 0 Å². The van der Waals surface area contributed by atoms with Crippen molar-refractivity contribution in [2.45, 2.75) is 57.6 Å². The Bertz CT molecular complexity index is 1170. The molecule has 1 aliphatic carbocycles. The van der Waals surface area contributed by atoms with Crippen molar-refractivity contribution >= 4 is 33.2 Å². The van der Waals surface area contributed by atoms with Gasteiger partial charge in [0.1, 0.15) is 15.7 Å². The SMILES string of the molecule is CC(C)(O)c1cccc2c1CCN2c1ccnc(N[C@H]2CC[C@H](C(=O)NCCS(C)(=O)=O)CC2)n1. The number of anilines is 3. The van der Waals surface area contributed by atoms with Crippen LogP contribution in [0, 0.1) is 5.92 Å². The number of benzene rings is 1. The summed E-state index contributed by atoms with van der Waals surface area (Å²) < 4.78 is 22.5. The van der Waals surface area contributed by atoms with Crippen LogP contribution in [0.4, 0.5) is 17.5 Å². The van der Waals surface area contributed by atoms with Gasteiger partial charge < -0.3 is 20.6 Å². The highest BCUT2D eigenvalue weighted by Gasteiger charge is 2.30. The Morgan fingerprint density at radius 1 is 1.20 bits per heavy atom. The Morgan fingerprint density at radius 3 is 2.63 bits per heavy atom. The maximum absolute atomic E-state index is 12.4. The molecule has 190 valence electrons. The second-order valence-corrected chi connectivity index (χ2v) is 12.4. The molecule has 9 nitrogen and oxygen atoms in total. The van der Waals surface area contributed by atoms with Crippen molar-refractivity contribution in [2.24, 2.45) is 5.92 Å². The van der Waals surface area contributed by atoms with E-state index in [1.807, 2.05) is 32.0 Å². The average Bonchev–Trinajstić information content (AvgIpc) is 3.22. The second-order valence-electron chi connectivity index (χ2n) is 10.1. The molecule has 2 heterocycles. The first-order valence-corrected chi connectivity index (χ1v) is 14.2. The Labute approximate surface area is 207 Å². The van der Waals surface area contributed by atoms with E-state index in [1.165, 1.54) is 6.26 Å². The fraction of sp³-hybridized carbons (Fsp3) is 0.560. The molecule has 1 aliphatic heterocycles. The lowest BCUT2D eigenvalue weighted by Crippen LogP contribution is -2.37. The third kappa shape index (κ3) is 6.29. The van der Waals surface area contributed by atoms with Crippen LogP contribution in [-0.4, -0.2) is 60.5 Å². The molecular formula is C25H35N5O4S. The maximum Gasteiger partial charge on any atom is 0.224 e. The molecule has 10 heteroatoms. The number of aromatic nitrogens is 2.